The highest BCUT2D eigenvalue weighted by atomic mass is 32.1. The first-order valence-corrected chi connectivity index (χ1v) is 11.0. The summed E-state index contributed by atoms with van der Waals surface area (Å²) in [6, 6.07) is 4.60. The topological polar surface area (TPSA) is 68.7 Å². The number of nitrogens with zero attached hydrogens (tertiary/aromatic N) is 2. The minimum Gasteiger partial charge on any atom is -0.386 e. The monoisotopic (exact) mass is 472 g/mol. The lowest BCUT2D eigenvalue weighted by Gasteiger charge is -2.40. The fourth-order valence-corrected chi connectivity index (χ4v) is 4.83. The Kier molecular flexibility index (Phi) is 6.33. The molecule has 11 heteroatoms. The number of alkyl halides is 3. The van der Waals surface area contributed by atoms with Crippen LogP contribution in [-0.2, 0) is 37.7 Å². The van der Waals surface area contributed by atoms with Crippen LogP contribution in [0.2, 0.25) is 0 Å². The molecule has 1 saturated heterocycles. The number of carbonyl (C=O) groups excluding carboxylic acids is 2. The maximum atomic E-state index is 13.8. The summed E-state index contributed by atoms with van der Waals surface area (Å²) >= 11 is 1.29. The van der Waals surface area contributed by atoms with Crippen molar-refractivity contribution in [2.24, 2.45) is 5.92 Å². The van der Waals surface area contributed by atoms with Gasteiger partial charge in [-0.1, -0.05) is 6.07 Å². The minimum atomic E-state index is -5.25. The molecule has 0 radical (unpaired) electrons. The predicted octanol–water partition coefficient (Wildman–Crippen LogP) is 3.59. The van der Waals surface area contributed by atoms with Gasteiger partial charge >= 0.3 is 18.1 Å². The number of halogens is 4. The fourth-order valence-electron chi connectivity index (χ4n) is 4.26. The van der Waals surface area contributed by atoms with Crippen LogP contribution in [-0.4, -0.2) is 47.6 Å². The predicted molar refractivity (Wildman–Crippen MR) is 105 cm³/mol. The summed E-state index contributed by atoms with van der Waals surface area (Å²) in [6.45, 7) is 1.48. The van der Waals surface area contributed by atoms with E-state index in [4.69, 9.17) is 4.74 Å². The molecule has 1 unspecified atom stereocenters. The van der Waals surface area contributed by atoms with Gasteiger partial charge in [-0.05, 0) is 36.1 Å². The Morgan fingerprint density at radius 2 is 2.03 bits per heavy atom. The van der Waals surface area contributed by atoms with Crippen molar-refractivity contribution in [3.8, 4) is 0 Å². The van der Waals surface area contributed by atoms with Gasteiger partial charge in [-0.15, -0.1) is 11.3 Å². The van der Waals surface area contributed by atoms with Gasteiger partial charge in [-0.3, -0.25) is 4.79 Å². The number of hydrogen-bond donors (Lipinski definition) is 0. The van der Waals surface area contributed by atoms with Crippen LogP contribution in [0.15, 0.2) is 29.1 Å². The van der Waals surface area contributed by atoms with Crippen LogP contribution in [0.25, 0.3) is 0 Å². The molecular weight excluding hydrogens is 452 g/mol. The highest BCUT2D eigenvalue weighted by Gasteiger charge is 2.45. The quantitative estimate of drug-likeness (QED) is 0.376. The number of carbonyl (C=O) groups is 2. The number of benzene rings is 1. The van der Waals surface area contributed by atoms with Gasteiger partial charge in [0.25, 0.3) is 0 Å². The van der Waals surface area contributed by atoms with Gasteiger partial charge in [0.1, 0.15) is 5.82 Å². The summed E-state index contributed by atoms with van der Waals surface area (Å²) < 4.78 is 61.5. The van der Waals surface area contributed by atoms with Gasteiger partial charge in [-0.25, -0.2) is 14.2 Å². The summed E-state index contributed by atoms with van der Waals surface area (Å²) in [7, 11) is 0. The van der Waals surface area contributed by atoms with Crippen LogP contribution in [0, 0.1) is 11.7 Å². The molecule has 4 rings (SSSR count). The summed E-state index contributed by atoms with van der Waals surface area (Å²) in [5.74, 6) is -5.09. The molecule has 0 saturated carbocycles. The third-order valence-electron chi connectivity index (χ3n) is 5.91. The number of aromatic nitrogens is 1. The van der Waals surface area contributed by atoms with E-state index in [0.717, 1.165) is 11.1 Å². The van der Waals surface area contributed by atoms with Gasteiger partial charge in [0, 0.05) is 31.4 Å². The van der Waals surface area contributed by atoms with Crippen LogP contribution < -0.4 is 0 Å². The molecule has 2 aliphatic rings. The number of esters is 2. The zero-order chi connectivity index (χ0) is 22.9. The molecule has 2 aliphatic heterocycles. The van der Waals surface area contributed by atoms with Gasteiger partial charge in [0.05, 0.1) is 29.3 Å². The lowest BCUT2D eigenvalue weighted by Crippen LogP contribution is -2.46. The molecule has 172 valence electrons. The normalized spacial score (nSPS) is 19.0. The Balaban J connectivity index is 1.43. The number of thiazole rings is 1. The molecule has 0 amide bonds. The Hall–Kier alpha value is -2.37. The number of ether oxygens (including phenoxy) is 2. The Labute approximate surface area is 185 Å². The first kappa shape index (κ1) is 22.8. The van der Waals surface area contributed by atoms with E-state index in [9.17, 15) is 27.2 Å². The van der Waals surface area contributed by atoms with Crippen LogP contribution in [0.4, 0.5) is 17.6 Å². The molecule has 1 fully saturated rings. The molecule has 1 spiro atoms. The maximum Gasteiger partial charge on any atom is 0.491 e. The van der Waals surface area contributed by atoms with Crippen LogP contribution in [0.1, 0.15) is 29.7 Å². The molecule has 3 heterocycles. The number of rotatable bonds is 5. The Morgan fingerprint density at radius 1 is 1.28 bits per heavy atom. The average molecular weight is 472 g/mol. The summed E-state index contributed by atoms with van der Waals surface area (Å²) in [4.78, 5) is 29.5. The Bertz CT molecular complexity index is 988. The number of fused-ring (bicyclic) bond motifs is 2. The van der Waals surface area contributed by atoms with Crippen molar-refractivity contribution in [1.82, 2.24) is 9.88 Å². The van der Waals surface area contributed by atoms with Crippen LogP contribution >= 0.6 is 11.3 Å². The fraction of sp³-hybridized carbons (Fsp3) is 0.476. The van der Waals surface area contributed by atoms with E-state index in [1.807, 2.05) is 4.90 Å². The van der Waals surface area contributed by atoms with Crippen LogP contribution in [0.5, 0.6) is 0 Å². The highest BCUT2D eigenvalue weighted by Crippen LogP contribution is 2.44. The number of likely N-dealkylation sites (tertiary alicyclic amines) is 1. The van der Waals surface area contributed by atoms with E-state index in [2.05, 4.69) is 9.72 Å². The second-order valence-electron chi connectivity index (χ2n) is 7.97. The first-order valence-electron chi connectivity index (χ1n) is 10.0. The van der Waals surface area contributed by atoms with E-state index < -0.39 is 29.6 Å². The van der Waals surface area contributed by atoms with E-state index in [0.29, 0.717) is 38.2 Å². The molecule has 0 aliphatic carbocycles. The van der Waals surface area contributed by atoms with Gasteiger partial charge < -0.3 is 14.4 Å². The van der Waals surface area contributed by atoms with Crippen molar-refractivity contribution in [3.63, 3.8) is 0 Å². The van der Waals surface area contributed by atoms with Crippen molar-refractivity contribution in [2.75, 3.05) is 19.6 Å². The van der Waals surface area contributed by atoms with Gasteiger partial charge in [0.15, 0.2) is 0 Å². The molecule has 32 heavy (non-hydrogen) atoms. The van der Waals surface area contributed by atoms with Crippen molar-refractivity contribution in [1.29, 1.82) is 0 Å². The molecule has 1 aromatic heterocycles. The zero-order valence-corrected chi connectivity index (χ0v) is 17.7. The number of hydrogen-bond acceptors (Lipinski definition) is 7. The van der Waals surface area contributed by atoms with E-state index in [-0.39, 0.29) is 18.8 Å². The van der Waals surface area contributed by atoms with Gasteiger partial charge in [-0.2, -0.15) is 13.2 Å². The molecular formula is C21H20F4N2O4S. The molecule has 6 nitrogen and oxygen atoms in total. The summed E-state index contributed by atoms with van der Waals surface area (Å²) in [5, 5.41) is 1.69. The molecule has 1 aromatic carbocycles. The van der Waals surface area contributed by atoms with E-state index in [1.54, 1.807) is 17.0 Å². The number of piperidine rings is 1. The standard InChI is InChI=1S/C21H20F4N2O4S/c22-15-2-1-13-10-30-20(17(13)8-15)3-5-27(6-4-20)9-14(7-16-11-32-12-26-16)18(28)31-19(29)21(23,24)25/h1-2,8,11-12,14H,3-7,9-10H2. The van der Waals surface area contributed by atoms with E-state index in [1.165, 1.54) is 23.5 Å². The minimum absolute atomic E-state index is 0.0552. The lowest BCUT2D eigenvalue weighted by atomic mass is 9.83. The third-order valence-corrected chi connectivity index (χ3v) is 6.54. The lowest BCUT2D eigenvalue weighted by molar-refractivity contribution is -0.203. The van der Waals surface area contributed by atoms with Crippen molar-refractivity contribution < 1.29 is 36.6 Å². The summed E-state index contributed by atoms with van der Waals surface area (Å²) in [5.41, 5.74) is 3.25. The average Bonchev–Trinajstić information content (AvgIpc) is 3.37. The maximum absolute atomic E-state index is 13.8. The second-order valence-corrected chi connectivity index (χ2v) is 8.69. The molecule has 1 atom stereocenters. The van der Waals surface area contributed by atoms with Crippen molar-refractivity contribution >= 4 is 23.3 Å². The molecule has 2 aromatic rings. The second kappa shape index (κ2) is 8.87. The SMILES string of the molecule is O=C(OC(=O)C(F)(F)F)C(Cc1cscn1)CN1CCC2(CC1)OCc1ccc(F)cc12. The van der Waals surface area contributed by atoms with Crippen molar-refractivity contribution in [2.45, 2.75) is 37.6 Å². The smallest absolute Gasteiger partial charge is 0.386 e. The third kappa shape index (κ3) is 4.84. The van der Waals surface area contributed by atoms with Gasteiger partial charge in [0.2, 0.25) is 0 Å². The Morgan fingerprint density at radius 3 is 2.69 bits per heavy atom. The van der Waals surface area contributed by atoms with Crippen molar-refractivity contribution in [3.05, 3.63) is 51.7 Å². The molecule has 0 N–H and O–H groups in total. The first-order chi connectivity index (χ1) is 15.2. The highest BCUT2D eigenvalue weighted by molar-refractivity contribution is 7.07. The zero-order valence-electron chi connectivity index (χ0n) is 16.9. The molecule has 0 bridgehead atoms. The van der Waals surface area contributed by atoms with E-state index >= 15 is 0 Å². The largest absolute Gasteiger partial charge is 0.491 e. The van der Waals surface area contributed by atoms with Crippen LogP contribution in [0.3, 0.4) is 0 Å². The summed E-state index contributed by atoms with van der Waals surface area (Å²) in [6.07, 6.45) is -4.10.